The Labute approximate surface area is 205 Å². The van der Waals surface area contributed by atoms with Gasteiger partial charge in [-0.1, -0.05) is 35.5 Å². The third kappa shape index (κ3) is 5.95. The van der Waals surface area contributed by atoms with E-state index in [1.165, 1.54) is 36.0 Å². The molecular formula is C25H21ClFN3O3S. The number of methoxy groups -OCH3 is 1. The molecule has 1 heterocycles. The van der Waals surface area contributed by atoms with Crippen LogP contribution < -0.4 is 10.1 Å². The fraction of sp³-hybridized carbons (Fsp3) is 0.160. The molecule has 0 radical (unpaired) electrons. The van der Waals surface area contributed by atoms with Crippen molar-refractivity contribution in [1.82, 2.24) is 4.90 Å². The Bertz CT molecular complexity index is 1200. The van der Waals surface area contributed by atoms with Gasteiger partial charge in [-0.3, -0.25) is 14.5 Å². The number of carbonyl (C=O) groups is 2. The van der Waals surface area contributed by atoms with Crippen molar-refractivity contribution in [1.29, 1.82) is 0 Å². The molecule has 1 N–H and O–H groups in total. The van der Waals surface area contributed by atoms with Crippen LogP contribution in [-0.2, 0) is 16.1 Å². The lowest BCUT2D eigenvalue weighted by atomic mass is 10.2. The number of amides is 2. The second kappa shape index (κ2) is 10.7. The number of carbonyl (C=O) groups excluding carboxylic acids is 2. The summed E-state index contributed by atoms with van der Waals surface area (Å²) in [5, 5.41) is 3.04. The number of ether oxygens (including phenoxy) is 1. The van der Waals surface area contributed by atoms with Gasteiger partial charge < -0.3 is 10.1 Å². The first kappa shape index (κ1) is 23.8. The number of amidine groups is 1. The summed E-state index contributed by atoms with van der Waals surface area (Å²) in [4.78, 5) is 32.3. The number of thioether (sulfide) groups is 1. The van der Waals surface area contributed by atoms with E-state index < -0.39 is 11.1 Å². The number of aliphatic imine (C=N–C) groups is 1. The highest BCUT2D eigenvalue weighted by Crippen LogP contribution is 2.31. The maximum atomic E-state index is 13.2. The maximum absolute atomic E-state index is 13.2. The van der Waals surface area contributed by atoms with Gasteiger partial charge in [0, 0.05) is 17.1 Å². The molecular weight excluding hydrogens is 477 g/mol. The van der Waals surface area contributed by atoms with Gasteiger partial charge in [0.05, 0.1) is 19.3 Å². The highest BCUT2D eigenvalue weighted by molar-refractivity contribution is 8.15. The minimum Gasteiger partial charge on any atom is -0.497 e. The van der Waals surface area contributed by atoms with Crippen molar-refractivity contribution in [3.63, 3.8) is 0 Å². The van der Waals surface area contributed by atoms with Crippen LogP contribution in [0.1, 0.15) is 12.0 Å². The third-order valence-electron chi connectivity index (χ3n) is 5.09. The minimum atomic E-state index is -0.685. The molecule has 1 atom stereocenters. The van der Waals surface area contributed by atoms with Crippen LogP contribution in [0.2, 0.25) is 5.02 Å². The molecule has 1 aliphatic rings. The number of halogens is 2. The van der Waals surface area contributed by atoms with Gasteiger partial charge in [-0.2, -0.15) is 0 Å². The van der Waals surface area contributed by atoms with Crippen LogP contribution in [0.15, 0.2) is 77.8 Å². The molecule has 3 aromatic carbocycles. The maximum Gasteiger partial charge on any atom is 0.238 e. The zero-order chi connectivity index (χ0) is 24.1. The largest absolute Gasteiger partial charge is 0.497 e. The lowest BCUT2D eigenvalue weighted by Crippen LogP contribution is -2.44. The molecule has 2 amide bonds. The SMILES string of the molecule is COc1ccc(CN2C(=O)C[C@@H](C(=O)Nc3ccc(F)cc3)SC2=Nc2ccc(Cl)cc2)cc1. The van der Waals surface area contributed by atoms with Gasteiger partial charge in [-0.05, 0) is 66.2 Å². The van der Waals surface area contributed by atoms with Crippen LogP contribution in [0.4, 0.5) is 15.8 Å². The minimum absolute atomic E-state index is 0.00743. The summed E-state index contributed by atoms with van der Waals surface area (Å²) in [6.07, 6.45) is 0.00743. The second-order valence-electron chi connectivity index (χ2n) is 7.51. The number of nitrogens with one attached hydrogen (secondary N) is 1. The first-order valence-corrected chi connectivity index (χ1v) is 11.7. The first-order valence-electron chi connectivity index (χ1n) is 10.4. The molecule has 3 aromatic rings. The summed E-state index contributed by atoms with van der Waals surface area (Å²) in [6.45, 7) is 0.300. The van der Waals surface area contributed by atoms with Gasteiger partial charge >= 0.3 is 0 Å². The number of nitrogens with zero attached hydrogens (tertiary/aromatic N) is 2. The van der Waals surface area contributed by atoms with Crippen molar-refractivity contribution >= 4 is 51.7 Å². The summed E-state index contributed by atoms with van der Waals surface area (Å²) in [5.74, 6) is -0.248. The van der Waals surface area contributed by atoms with E-state index >= 15 is 0 Å². The van der Waals surface area contributed by atoms with Crippen molar-refractivity contribution in [2.75, 3.05) is 12.4 Å². The molecule has 0 bridgehead atoms. The van der Waals surface area contributed by atoms with E-state index in [1.54, 1.807) is 36.3 Å². The number of benzene rings is 3. The predicted octanol–water partition coefficient (Wildman–Crippen LogP) is 5.65. The van der Waals surface area contributed by atoms with E-state index in [1.807, 2.05) is 24.3 Å². The smallest absolute Gasteiger partial charge is 0.238 e. The Morgan fingerprint density at radius 3 is 2.44 bits per heavy atom. The highest BCUT2D eigenvalue weighted by Gasteiger charge is 2.36. The summed E-state index contributed by atoms with van der Waals surface area (Å²) in [7, 11) is 1.59. The molecule has 1 fully saturated rings. The molecule has 0 saturated carbocycles. The zero-order valence-electron chi connectivity index (χ0n) is 18.2. The van der Waals surface area contributed by atoms with Gasteiger partial charge in [-0.15, -0.1) is 0 Å². The molecule has 0 unspecified atom stereocenters. The molecule has 1 saturated heterocycles. The van der Waals surface area contributed by atoms with Crippen molar-refractivity contribution in [2.24, 2.45) is 4.99 Å². The average Bonchev–Trinajstić information content (AvgIpc) is 2.84. The van der Waals surface area contributed by atoms with Gasteiger partial charge in [-0.25, -0.2) is 9.38 Å². The Hall–Kier alpha value is -3.36. The number of hydrogen-bond acceptors (Lipinski definition) is 5. The first-order chi connectivity index (χ1) is 16.4. The molecule has 0 aliphatic carbocycles. The summed E-state index contributed by atoms with van der Waals surface area (Å²) < 4.78 is 18.4. The van der Waals surface area contributed by atoms with E-state index in [0.29, 0.717) is 28.1 Å². The van der Waals surface area contributed by atoms with Crippen LogP contribution in [0.25, 0.3) is 0 Å². The normalized spacial score (nSPS) is 17.0. The molecule has 1 aliphatic heterocycles. The zero-order valence-corrected chi connectivity index (χ0v) is 19.8. The summed E-state index contributed by atoms with van der Waals surface area (Å²) in [6, 6.07) is 19.8. The van der Waals surface area contributed by atoms with Crippen LogP contribution in [0.3, 0.4) is 0 Å². The van der Waals surface area contributed by atoms with Gasteiger partial charge in [0.1, 0.15) is 16.8 Å². The van der Waals surface area contributed by atoms with Gasteiger partial charge in [0.25, 0.3) is 0 Å². The Kier molecular flexibility index (Phi) is 7.49. The Morgan fingerprint density at radius 2 is 1.79 bits per heavy atom. The molecule has 174 valence electrons. The molecule has 6 nitrogen and oxygen atoms in total. The van der Waals surface area contributed by atoms with Gasteiger partial charge in [0.15, 0.2) is 5.17 Å². The summed E-state index contributed by atoms with van der Waals surface area (Å²) in [5.41, 5.74) is 1.96. The van der Waals surface area contributed by atoms with Crippen LogP contribution >= 0.6 is 23.4 Å². The molecule has 0 aromatic heterocycles. The van der Waals surface area contributed by atoms with Crippen LogP contribution in [-0.4, -0.2) is 34.2 Å². The monoisotopic (exact) mass is 497 g/mol. The second-order valence-corrected chi connectivity index (χ2v) is 9.11. The van der Waals surface area contributed by atoms with E-state index in [0.717, 1.165) is 11.3 Å². The number of anilines is 1. The van der Waals surface area contributed by atoms with E-state index in [-0.39, 0.29) is 18.2 Å². The van der Waals surface area contributed by atoms with E-state index in [2.05, 4.69) is 10.3 Å². The quantitative estimate of drug-likeness (QED) is 0.478. The van der Waals surface area contributed by atoms with Crippen molar-refractivity contribution in [2.45, 2.75) is 18.2 Å². The average molecular weight is 498 g/mol. The molecule has 9 heteroatoms. The summed E-state index contributed by atoms with van der Waals surface area (Å²) >= 11 is 7.20. The van der Waals surface area contributed by atoms with Crippen molar-refractivity contribution in [3.05, 3.63) is 89.2 Å². The van der Waals surface area contributed by atoms with Crippen molar-refractivity contribution < 1.29 is 18.7 Å². The number of rotatable bonds is 6. The fourth-order valence-electron chi connectivity index (χ4n) is 3.29. The molecule has 34 heavy (non-hydrogen) atoms. The fourth-order valence-corrected chi connectivity index (χ4v) is 4.52. The predicted molar refractivity (Wildman–Crippen MR) is 133 cm³/mol. The molecule has 0 spiro atoms. The Balaban J connectivity index is 1.58. The van der Waals surface area contributed by atoms with E-state index in [9.17, 15) is 14.0 Å². The van der Waals surface area contributed by atoms with Crippen LogP contribution in [0, 0.1) is 5.82 Å². The standard InChI is InChI=1S/C25H21ClFN3O3S/c1-33-21-12-2-16(3-13-21)15-30-23(31)14-22(24(32)28-19-10-6-18(27)7-11-19)34-25(30)29-20-8-4-17(26)5-9-20/h2-13,22H,14-15H2,1H3,(H,28,32)/t22-/m0/s1. The van der Waals surface area contributed by atoms with Gasteiger partial charge in [0.2, 0.25) is 11.8 Å². The Morgan fingerprint density at radius 1 is 1.12 bits per heavy atom. The number of hydrogen-bond donors (Lipinski definition) is 1. The lowest BCUT2D eigenvalue weighted by Gasteiger charge is -2.32. The third-order valence-corrected chi connectivity index (χ3v) is 6.53. The van der Waals surface area contributed by atoms with Crippen molar-refractivity contribution in [3.8, 4) is 5.75 Å². The lowest BCUT2D eigenvalue weighted by molar-refractivity contribution is -0.129. The van der Waals surface area contributed by atoms with E-state index in [4.69, 9.17) is 16.3 Å². The molecule has 4 rings (SSSR count). The van der Waals surface area contributed by atoms with Crippen LogP contribution in [0.5, 0.6) is 5.75 Å². The topological polar surface area (TPSA) is 71.0 Å². The highest BCUT2D eigenvalue weighted by atomic mass is 35.5.